The van der Waals surface area contributed by atoms with Crippen molar-refractivity contribution in [2.75, 3.05) is 13.2 Å². The number of hydrogen-bond acceptors (Lipinski definition) is 5. The maximum Gasteiger partial charge on any atom is 0.338 e. The number of rotatable bonds is 11. The van der Waals surface area contributed by atoms with E-state index in [0.29, 0.717) is 31.3 Å². The van der Waals surface area contributed by atoms with Crippen molar-refractivity contribution in [2.45, 2.75) is 32.5 Å². The molecule has 0 N–H and O–H groups in total. The average molecular weight is 410 g/mol. The van der Waals surface area contributed by atoms with Crippen LogP contribution in [0.3, 0.4) is 0 Å². The van der Waals surface area contributed by atoms with Gasteiger partial charge in [0.05, 0.1) is 18.9 Å². The second kappa shape index (κ2) is 11.3. The van der Waals surface area contributed by atoms with Gasteiger partial charge >= 0.3 is 7.60 Å². The van der Waals surface area contributed by atoms with E-state index >= 15 is 0 Å². The van der Waals surface area contributed by atoms with Crippen LogP contribution in [0.15, 0.2) is 59.8 Å². The Kier molecular flexibility index (Phi) is 9.02. The second-order valence-electron chi connectivity index (χ2n) is 5.73. The fourth-order valence-electron chi connectivity index (χ4n) is 2.59. The zero-order valence-corrected chi connectivity index (χ0v) is 17.2. The van der Waals surface area contributed by atoms with E-state index in [-0.39, 0.29) is 0 Å². The summed E-state index contributed by atoms with van der Waals surface area (Å²) in [5, 5.41) is 4.61. The van der Waals surface area contributed by atoms with Crippen molar-refractivity contribution in [2.24, 2.45) is 5.16 Å². The normalized spacial score (nSPS) is 13.0. The van der Waals surface area contributed by atoms with Crippen LogP contribution in [0.5, 0.6) is 0 Å². The van der Waals surface area contributed by atoms with Gasteiger partial charge < -0.3 is 13.9 Å². The molecule has 0 aromatic heterocycles. The van der Waals surface area contributed by atoms with Crippen molar-refractivity contribution in [3.05, 3.63) is 70.7 Å². The third-order valence-corrected chi connectivity index (χ3v) is 6.57. The highest BCUT2D eigenvalue weighted by Gasteiger charge is 2.36. The molecule has 1 atom stereocenters. The van der Waals surface area contributed by atoms with Crippen LogP contribution in [0.4, 0.5) is 0 Å². The van der Waals surface area contributed by atoms with Crippen LogP contribution in [0.25, 0.3) is 0 Å². The molecular weight excluding hydrogens is 385 g/mol. The van der Waals surface area contributed by atoms with Gasteiger partial charge in [0.2, 0.25) is 0 Å². The first-order chi connectivity index (χ1) is 13.1. The summed E-state index contributed by atoms with van der Waals surface area (Å²) in [7, 11) is -3.36. The molecule has 7 heteroatoms. The predicted molar refractivity (Wildman–Crippen MR) is 109 cm³/mol. The predicted octanol–water partition coefficient (Wildman–Crippen LogP) is 6.24. The van der Waals surface area contributed by atoms with E-state index in [1.165, 1.54) is 0 Å². The molecular formula is C20H25ClNO4P. The number of hydrogen-bond donors (Lipinski definition) is 0. The van der Waals surface area contributed by atoms with Crippen LogP contribution in [0.2, 0.25) is 5.02 Å². The second-order valence-corrected chi connectivity index (χ2v) is 8.38. The van der Waals surface area contributed by atoms with Gasteiger partial charge in [-0.05, 0) is 37.1 Å². The third kappa shape index (κ3) is 6.78. The molecule has 27 heavy (non-hydrogen) atoms. The maximum absolute atomic E-state index is 13.3. The lowest BCUT2D eigenvalue weighted by Crippen LogP contribution is -2.08. The number of oxime groups is 1. The Bertz CT molecular complexity index is 742. The Hall–Kier alpha value is -1.65. The zero-order valence-electron chi connectivity index (χ0n) is 15.6. The summed E-state index contributed by atoms with van der Waals surface area (Å²) in [6.45, 7) is 4.55. The summed E-state index contributed by atoms with van der Waals surface area (Å²) in [4.78, 5) is 5.33. The summed E-state index contributed by atoms with van der Waals surface area (Å²) in [5.41, 5.74) is 1.36. The summed E-state index contributed by atoms with van der Waals surface area (Å²) in [6, 6.07) is 16.9. The SMILES string of the molecule is CCOP(=O)(OCC)C(C/C=N/OCc1ccccc1)c1ccc(Cl)cc1. The molecule has 0 saturated heterocycles. The average Bonchev–Trinajstić information content (AvgIpc) is 2.67. The first kappa shape index (κ1) is 21.6. The summed E-state index contributed by atoms with van der Waals surface area (Å²) < 4.78 is 24.4. The van der Waals surface area contributed by atoms with Gasteiger partial charge in [0, 0.05) is 17.7 Å². The fourth-order valence-corrected chi connectivity index (χ4v) is 4.76. The van der Waals surface area contributed by atoms with Gasteiger partial charge in [-0.1, -0.05) is 59.2 Å². The Morgan fingerprint density at radius 3 is 2.26 bits per heavy atom. The Morgan fingerprint density at radius 2 is 1.67 bits per heavy atom. The summed E-state index contributed by atoms with van der Waals surface area (Å²) in [5.74, 6) is 0. The third-order valence-electron chi connectivity index (χ3n) is 3.81. The lowest BCUT2D eigenvalue weighted by atomic mass is 10.1. The molecule has 0 aliphatic rings. The van der Waals surface area contributed by atoms with Crippen molar-refractivity contribution in [3.63, 3.8) is 0 Å². The summed E-state index contributed by atoms with van der Waals surface area (Å²) in [6.07, 6.45) is 1.96. The smallest absolute Gasteiger partial charge is 0.338 e. The van der Waals surface area contributed by atoms with Gasteiger partial charge in [0.15, 0.2) is 0 Å². The van der Waals surface area contributed by atoms with Gasteiger partial charge in [0.25, 0.3) is 0 Å². The summed E-state index contributed by atoms with van der Waals surface area (Å²) >= 11 is 5.98. The van der Waals surface area contributed by atoms with Crippen LogP contribution < -0.4 is 0 Å². The van der Waals surface area contributed by atoms with Crippen LogP contribution in [0.1, 0.15) is 37.1 Å². The van der Waals surface area contributed by atoms with Gasteiger partial charge in [-0.3, -0.25) is 4.57 Å². The van der Waals surface area contributed by atoms with Crippen molar-refractivity contribution in [1.29, 1.82) is 0 Å². The van der Waals surface area contributed by atoms with Crippen LogP contribution in [-0.4, -0.2) is 19.4 Å². The molecule has 2 aromatic carbocycles. The molecule has 0 aliphatic heterocycles. The molecule has 0 radical (unpaired) electrons. The first-order valence-electron chi connectivity index (χ1n) is 8.91. The molecule has 0 saturated carbocycles. The number of halogens is 1. The monoisotopic (exact) mass is 409 g/mol. The van der Waals surface area contributed by atoms with E-state index in [1.54, 1.807) is 32.2 Å². The molecule has 0 fully saturated rings. The highest BCUT2D eigenvalue weighted by Crippen LogP contribution is 2.62. The van der Waals surface area contributed by atoms with Crippen molar-refractivity contribution in [1.82, 2.24) is 0 Å². The standard InChI is InChI=1S/C20H25ClNO4P/c1-3-25-27(23,26-4-2)20(18-10-12-19(21)13-11-18)14-15-22-24-16-17-8-6-5-7-9-17/h5-13,15,20H,3-4,14,16H2,1-2H3/b22-15+. The molecule has 0 heterocycles. The van der Waals surface area contributed by atoms with Gasteiger partial charge in [-0.2, -0.15) is 0 Å². The zero-order chi connectivity index (χ0) is 19.5. The van der Waals surface area contributed by atoms with Crippen molar-refractivity contribution in [3.8, 4) is 0 Å². The maximum atomic E-state index is 13.3. The van der Waals surface area contributed by atoms with E-state index in [9.17, 15) is 4.57 Å². The highest BCUT2D eigenvalue weighted by molar-refractivity contribution is 7.54. The lowest BCUT2D eigenvalue weighted by molar-refractivity contribution is 0.131. The van der Waals surface area contributed by atoms with Crippen molar-refractivity contribution >= 4 is 25.4 Å². The molecule has 146 valence electrons. The lowest BCUT2D eigenvalue weighted by Gasteiger charge is -2.25. The van der Waals surface area contributed by atoms with E-state index in [0.717, 1.165) is 11.1 Å². The number of nitrogens with zero attached hydrogens (tertiary/aromatic N) is 1. The fraction of sp³-hybridized carbons (Fsp3) is 0.350. The van der Waals surface area contributed by atoms with Crippen LogP contribution >= 0.6 is 19.2 Å². The number of benzene rings is 2. The molecule has 0 bridgehead atoms. The molecule has 0 spiro atoms. The van der Waals surface area contributed by atoms with Gasteiger partial charge in [-0.25, -0.2) is 0 Å². The van der Waals surface area contributed by atoms with Gasteiger partial charge in [0.1, 0.15) is 6.61 Å². The minimum atomic E-state index is -3.36. The van der Waals surface area contributed by atoms with E-state index in [1.807, 2.05) is 42.5 Å². The van der Waals surface area contributed by atoms with Crippen LogP contribution in [-0.2, 0) is 25.1 Å². The molecule has 0 amide bonds. The Labute approximate surface area is 165 Å². The van der Waals surface area contributed by atoms with E-state index in [2.05, 4.69) is 5.16 Å². The Morgan fingerprint density at radius 1 is 1.04 bits per heavy atom. The first-order valence-corrected chi connectivity index (χ1v) is 10.9. The van der Waals surface area contributed by atoms with Crippen LogP contribution in [0, 0.1) is 0 Å². The van der Waals surface area contributed by atoms with E-state index in [4.69, 9.17) is 25.5 Å². The minimum absolute atomic E-state index is 0.295. The largest absolute Gasteiger partial charge is 0.391 e. The Balaban J connectivity index is 2.10. The van der Waals surface area contributed by atoms with Gasteiger partial charge in [-0.15, -0.1) is 0 Å². The molecule has 2 rings (SSSR count). The molecule has 0 aliphatic carbocycles. The topological polar surface area (TPSA) is 57.1 Å². The molecule has 2 aromatic rings. The quantitative estimate of drug-likeness (QED) is 0.250. The molecule has 5 nitrogen and oxygen atoms in total. The minimum Gasteiger partial charge on any atom is -0.391 e. The van der Waals surface area contributed by atoms with Crippen molar-refractivity contribution < 1.29 is 18.5 Å². The highest BCUT2D eigenvalue weighted by atomic mass is 35.5. The van der Waals surface area contributed by atoms with E-state index < -0.39 is 13.3 Å². The molecule has 1 unspecified atom stereocenters.